The van der Waals surface area contributed by atoms with Gasteiger partial charge in [-0.2, -0.15) is 0 Å². The van der Waals surface area contributed by atoms with Crippen LogP contribution in [0, 0.1) is 11.3 Å². The first-order valence-electron chi connectivity index (χ1n) is 7.34. The van der Waals surface area contributed by atoms with Crippen LogP contribution in [0.15, 0.2) is 0 Å². The van der Waals surface area contributed by atoms with Gasteiger partial charge in [0.1, 0.15) is 5.54 Å². The van der Waals surface area contributed by atoms with Crippen molar-refractivity contribution in [1.82, 2.24) is 4.90 Å². The minimum Gasteiger partial charge on any atom is -0.479 e. The molecule has 0 spiro atoms. The number of aliphatic carboxylic acids is 1. The molecule has 7 heteroatoms. The summed E-state index contributed by atoms with van der Waals surface area (Å²) in [6.45, 7) is 5.20. The molecule has 2 saturated heterocycles. The molecule has 3 N–H and O–H groups in total. The Balaban J connectivity index is 1.80. The molecule has 118 valence electrons. The van der Waals surface area contributed by atoms with E-state index in [1.807, 2.05) is 13.8 Å². The zero-order valence-corrected chi connectivity index (χ0v) is 12.4. The number of morpholine rings is 1. The number of nitrogens with two attached hydrogens (primary N) is 1. The Morgan fingerprint density at radius 1 is 1.29 bits per heavy atom. The zero-order chi connectivity index (χ0) is 15.4. The van der Waals surface area contributed by atoms with Crippen molar-refractivity contribution in [2.24, 2.45) is 17.1 Å². The lowest BCUT2D eigenvalue weighted by Gasteiger charge is -2.61. The number of ether oxygens (including phenoxy) is 2. The summed E-state index contributed by atoms with van der Waals surface area (Å²) in [4.78, 5) is 25.5. The molecular formula is C14H22N2O5. The smallest absolute Gasteiger partial charge is 0.334 e. The molecule has 3 rings (SSSR count). The Bertz CT molecular complexity index is 480. The molecule has 2 aliphatic heterocycles. The molecule has 1 aliphatic carbocycles. The van der Waals surface area contributed by atoms with Crippen LogP contribution in [0.25, 0.3) is 0 Å². The zero-order valence-electron chi connectivity index (χ0n) is 12.4. The second kappa shape index (κ2) is 4.66. The number of carbonyl (C=O) groups is 2. The first-order chi connectivity index (χ1) is 9.80. The largest absolute Gasteiger partial charge is 0.479 e. The highest BCUT2D eigenvalue weighted by Gasteiger charge is 2.72. The Hall–Kier alpha value is -1.18. The van der Waals surface area contributed by atoms with Crippen molar-refractivity contribution >= 4 is 11.9 Å². The molecule has 2 heterocycles. The maximum atomic E-state index is 12.9. The van der Waals surface area contributed by atoms with Crippen molar-refractivity contribution in [2.45, 2.75) is 38.0 Å². The molecule has 0 radical (unpaired) electrons. The van der Waals surface area contributed by atoms with Crippen molar-refractivity contribution in [3.8, 4) is 0 Å². The minimum absolute atomic E-state index is 0.0164. The van der Waals surface area contributed by atoms with Crippen molar-refractivity contribution in [1.29, 1.82) is 0 Å². The summed E-state index contributed by atoms with van der Waals surface area (Å²) in [5.74, 6) is -1.20. The highest BCUT2D eigenvalue weighted by Crippen LogP contribution is 2.58. The molecule has 1 saturated carbocycles. The fourth-order valence-corrected chi connectivity index (χ4v) is 4.06. The van der Waals surface area contributed by atoms with Gasteiger partial charge in [-0.3, -0.25) is 4.79 Å². The number of rotatable bonds is 2. The molecule has 21 heavy (non-hydrogen) atoms. The molecule has 0 bridgehead atoms. The van der Waals surface area contributed by atoms with Gasteiger partial charge in [-0.1, -0.05) is 13.8 Å². The van der Waals surface area contributed by atoms with Crippen LogP contribution in [0.5, 0.6) is 0 Å². The van der Waals surface area contributed by atoms with E-state index in [0.29, 0.717) is 13.2 Å². The summed E-state index contributed by atoms with van der Waals surface area (Å²) in [5.41, 5.74) is 5.08. The summed E-state index contributed by atoms with van der Waals surface area (Å²) in [6.07, 6.45) is -0.170. The van der Waals surface area contributed by atoms with E-state index in [1.165, 1.54) is 0 Å². The predicted molar refractivity (Wildman–Crippen MR) is 72.5 cm³/mol. The Morgan fingerprint density at radius 2 is 2.00 bits per heavy atom. The fraction of sp³-hybridized carbons (Fsp3) is 0.857. The molecule has 0 aromatic rings. The normalized spacial score (nSPS) is 41.3. The first-order valence-corrected chi connectivity index (χ1v) is 7.34. The van der Waals surface area contributed by atoms with Gasteiger partial charge in [0.05, 0.1) is 19.3 Å². The maximum Gasteiger partial charge on any atom is 0.334 e. The molecule has 3 fully saturated rings. The molecule has 4 atom stereocenters. The third kappa shape index (κ3) is 1.84. The SMILES string of the molecule is CC1(C)C2OCCC2C1(N)C(=O)N1CCOC(C(=O)O)C1. The van der Waals surface area contributed by atoms with E-state index in [4.69, 9.17) is 20.3 Å². The number of carboxylic acid groups (broad SMARTS) is 1. The van der Waals surface area contributed by atoms with E-state index >= 15 is 0 Å². The van der Waals surface area contributed by atoms with Crippen LogP contribution < -0.4 is 5.73 Å². The van der Waals surface area contributed by atoms with Crippen LogP contribution in [-0.2, 0) is 19.1 Å². The molecule has 3 aliphatic rings. The van der Waals surface area contributed by atoms with Gasteiger partial charge in [0, 0.05) is 24.5 Å². The van der Waals surface area contributed by atoms with Crippen molar-refractivity contribution in [2.75, 3.05) is 26.3 Å². The van der Waals surface area contributed by atoms with Gasteiger partial charge in [0.15, 0.2) is 6.10 Å². The van der Waals surface area contributed by atoms with E-state index in [9.17, 15) is 9.59 Å². The second-order valence-electron chi connectivity index (χ2n) is 6.73. The lowest BCUT2D eigenvalue weighted by molar-refractivity contribution is -0.190. The number of amides is 1. The Kier molecular flexibility index (Phi) is 3.27. The highest BCUT2D eigenvalue weighted by atomic mass is 16.5. The lowest BCUT2D eigenvalue weighted by Crippen LogP contribution is -2.80. The van der Waals surface area contributed by atoms with Gasteiger partial charge >= 0.3 is 5.97 Å². The van der Waals surface area contributed by atoms with Gasteiger partial charge in [-0.15, -0.1) is 0 Å². The standard InChI is InChI=1S/C14H22N2O5/c1-13(2)10-8(3-5-21-10)14(13,15)12(19)16-4-6-20-9(7-16)11(17)18/h8-10H,3-7,15H2,1-2H3,(H,17,18). The van der Waals surface area contributed by atoms with E-state index in [1.54, 1.807) is 4.90 Å². The number of nitrogens with zero attached hydrogens (tertiary/aromatic N) is 1. The summed E-state index contributed by atoms with van der Waals surface area (Å²) < 4.78 is 10.9. The van der Waals surface area contributed by atoms with Gasteiger partial charge in [-0.25, -0.2) is 4.79 Å². The maximum absolute atomic E-state index is 12.9. The van der Waals surface area contributed by atoms with Crippen LogP contribution >= 0.6 is 0 Å². The number of carbonyl (C=O) groups excluding carboxylic acids is 1. The van der Waals surface area contributed by atoms with Crippen LogP contribution in [0.3, 0.4) is 0 Å². The average molecular weight is 298 g/mol. The summed E-state index contributed by atoms with van der Waals surface area (Å²) >= 11 is 0. The average Bonchev–Trinajstić information content (AvgIpc) is 2.94. The molecule has 7 nitrogen and oxygen atoms in total. The third-order valence-corrected chi connectivity index (χ3v) is 5.44. The van der Waals surface area contributed by atoms with Crippen molar-refractivity contribution in [3.05, 3.63) is 0 Å². The summed E-state index contributed by atoms with van der Waals surface area (Å²) in [5, 5.41) is 9.05. The monoisotopic (exact) mass is 298 g/mol. The number of carboxylic acids is 1. The molecule has 0 aromatic carbocycles. The van der Waals surface area contributed by atoms with E-state index in [2.05, 4.69) is 0 Å². The number of hydrogen-bond donors (Lipinski definition) is 2. The van der Waals surface area contributed by atoms with Gasteiger partial charge in [-0.05, 0) is 6.42 Å². The van der Waals surface area contributed by atoms with E-state index < -0.39 is 23.0 Å². The van der Waals surface area contributed by atoms with Crippen molar-refractivity contribution in [3.63, 3.8) is 0 Å². The van der Waals surface area contributed by atoms with Gasteiger partial charge in [0.25, 0.3) is 0 Å². The van der Waals surface area contributed by atoms with Crippen molar-refractivity contribution < 1.29 is 24.2 Å². The number of hydrogen-bond acceptors (Lipinski definition) is 5. The van der Waals surface area contributed by atoms with Gasteiger partial charge in [0.2, 0.25) is 5.91 Å². The van der Waals surface area contributed by atoms with Crippen LogP contribution in [0.4, 0.5) is 0 Å². The Morgan fingerprint density at radius 3 is 2.67 bits per heavy atom. The number of fused-ring (bicyclic) bond motifs is 1. The Labute approximate surface area is 123 Å². The van der Waals surface area contributed by atoms with Gasteiger partial charge < -0.3 is 25.2 Å². The third-order valence-electron chi connectivity index (χ3n) is 5.44. The van der Waals surface area contributed by atoms with Crippen LogP contribution in [-0.4, -0.2) is 65.9 Å². The predicted octanol–water partition coefficient (Wildman–Crippen LogP) is -0.559. The van der Waals surface area contributed by atoms with E-state index in [-0.39, 0.29) is 31.1 Å². The summed E-state index contributed by atoms with van der Waals surface area (Å²) in [7, 11) is 0. The van der Waals surface area contributed by atoms with E-state index in [0.717, 1.165) is 6.42 Å². The second-order valence-corrected chi connectivity index (χ2v) is 6.73. The molecule has 4 unspecified atom stereocenters. The lowest BCUT2D eigenvalue weighted by atomic mass is 9.47. The fourth-order valence-electron chi connectivity index (χ4n) is 4.06. The van der Waals surface area contributed by atoms with Crippen LogP contribution in [0.2, 0.25) is 0 Å². The molecular weight excluding hydrogens is 276 g/mol. The first kappa shape index (κ1) is 14.7. The minimum atomic E-state index is -1.05. The molecule has 1 amide bonds. The summed E-state index contributed by atoms with van der Waals surface area (Å²) in [6, 6.07) is 0. The quantitative estimate of drug-likeness (QED) is 0.708. The van der Waals surface area contributed by atoms with Crippen LogP contribution in [0.1, 0.15) is 20.3 Å². The molecule has 0 aromatic heterocycles. The topological polar surface area (TPSA) is 102 Å². The highest BCUT2D eigenvalue weighted by molar-refractivity contribution is 5.90.